The number of allylic oxidation sites excluding steroid dienone is 11. The fourth-order valence-electron chi connectivity index (χ4n) is 10.2. The molecule has 1 aliphatic heterocycles. The molecule has 0 radical (unpaired) electrons. The molecule has 0 aromatic heterocycles. The second kappa shape index (κ2) is 56.9. The molecule has 6 N–H and O–H groups in total. The van der Waals surface area contributed by atoms with Crippen LogP contribution in [0.25, 0.3) is 0 Å². The van der Waals surface area contributed by atoms with Gasteiger partial charge in [0.15, 0.2) is 6.29 Å². The van der Waals surface area contributed by atoms with E-state index >= 15 is 0 Å². The van der Waals surface area contributed by atoms with Crippen molar-refractivity contribution in [3.05, 3.63) is 72.9 Å². The topological polar surface area (TPSA) is 149 Å². The predicted octanol–water partition coefficient (Wildman–Crippen LogP) is 17.2. The van der Waals surface area contributed by atoms with Gasteiger partial charge in [0.25, 0.3) is 0 Å². The lowest BCUT2D eigenvalue weighted by atomic mass is 9.99. The van der Waals surface area contributed by atoms with E-state index in [1.807, 2.05) is 6.08 Å². The maximum absolute atomic E-state index is 13.1. The van der Waals surface area contributed by atoms with E-state index in [1.54, 1.807) is 6.08 Å². The Kier molecular flexibility index (Phi) is 53.7. The SMILES string of the molecule is CC/C=C\C/C=C\C/C=C\C/C=C\C/C=C\CCCCCCCCCCCCCCCCCCCCCCCCCCCC(=O)NC(COC1OC(CO)C(O)C(O)C1O)C(O)/C=C/CCCCCCCCCCCCC. The number of hydrogen-bond acceptors (Lipinski definition) is 8. The summed E-state index contributed by atoms with van der Waals surface area (Å²) in [4.78, 5) is 13.1. The molecule has 448 valence electrons. The molecule has 9 nitrogen and oxygen atoms in total. The maximum atomic E-state index is 13.1. The minimum absolute atomic E-state index is 0.174. The van der Waals surface area contributed by atoms with E-state index < -0.39 is 49.5 Å². The Bertz CT molecular complexity index is 1440. The molecular weight excluding hydrogens is 959 g/mol. The van der Waals surface area contributed by atoms with Crippen molar-refractivity contribution in [1.82, 2.24) is 5.32 Å². The number of hydrogen-bond donors (Lipinski definition) is 6. The van der Waals surface area contributed by atoms with Gasteiger partial charge in [-0.2, -0.15) is 0 Å². The van der Waals surface area contributed by atoms with E-state index in [2.05, 4.69) is 79.9 Å². The molecule has 0 saturated carbocycles. The lowest BCUT2D eigenvalue weighted by molar-refractivity contribution is -0.302. The standard InChI is InChI=1S/C68H123NO8/c1-3-5-7-9-11-13-15-17-18-19-20-21-22-23-24-25-26-27-28-29-30-31-32-33-34-35-36-37-38-39-40-41-42-43-44-46-48-50-52-54-56-58-64(72)69-61(60-76-68-67(75)66(74)65(73)63(59-70)77-68)62(71)57-55-53-51-49-47-45-16-14-12-10-8-6-4-2/h5,7,11,13,17-18,20-21,23-24,55,57,61-63,65-68,70-71,73-75H,3-4,6,8-10,12,14-16,19,22,25-54,56,58-60H2,1-2H3,(H,69,72)/b7-5-,13-11-,18-17-,21-20-,24-23-,57-55+. The first kappa shape index (κ1) is 72.6. The molecule has 1 heterocycles. The first-order chi connectivity index (χ1) is 37.8. The fraction of sp³-hybridized carbons (Fsp3) is 0.809. The monoisotopic (exact) mass is 1080 g/mol. The van der Waals surface area contributed by atoms with Gasteiger partial charge in [0.05, 0.1) is 25.4 Å². The second-order valence-electron chi connectivity index (χ2n) is 22.5. The van der Waals surface area contributed by atoms with Gasteiger partial charge in [-0.05, 0) is 64.2 Å². The van der Waals surface area contributed by atoms with Crippen molar-refractivity contribution < 1.29 is 39.8 Å². The number of amides is 1. The largest absolute Gasteiger partial charge is 0.394 e. The van der Waals surface area contributed by atoms with Gasteiger partial charge in [0.1, 0.15) is 24.4 Å². The fourth-order valence-corrected chi connectivity index (χ4v) is 10.2. The molecule has 1 saturated heterocycles. The van der Waals surface area contributed by atoms with Gasteiger partial charge in [-0.15, -0.1) is 0 Å². The smallest absolute Gasteiger partial charge is 0.220 e. The van der Waals surface area contributed by atoms with Crippen LogP contribution >= 0.6 is 0 Å². The van der Waals surface area contributed by atoms with Crippen LogP contribution in [-0.2, 0) is 14.3 Å². The minimum atomic E-state index is -1.57. The van der Waals surface area contributed by atoms with Gasteiger partial charge in [-0.25, -0.2) is 0 Å². The van der Waals surface area contributed by atoms with Gasteiger partial charge in [0.2, 0.25) is 5.91 Å². The lowest BCUT2D eigenvalue weighted by Gasteiger charge is -2.40. The number of rotatable bonds is 56. The molecule has 9 heteroatoms. The molecule has 77 heavy (non-hydrogen) atoms. The zero-order chi connectivity index (χ0) is 55.8. The van der Waals surface area contributed by atoms with Gasteiger partial charge >= 0.3 is 0 Å². The summed E-state index contributed by atoms with van der Waals surface area (Å²) in [5, 5.41) is 54.5. The van der Waals surface area contributed by atoms with Gasteiger partial charge in [-0.1, -0.05) is 299 Å². The van der Waals surface area contributed by atoms with E-state index in [1.165, 1.54) is 205 Å². The van der Waals surface area contributed by atoms with Crippen molar-refractivity contribution >= 4 is 5.91 Å². The average molecular weight is 1080 g/mol. The summed E-state index contributed by atoms with van der Waals surface area (Å²) in [6.45, 7) is 3.67. The molecule has 1 fully saturated rings. The Morgan fingerprint density at radius 1 is 0.455 bits per heavy atom. The highest BCUT2D eigenvalue weighted by Crippen LogP contribution is 2.23. The van der Waals surface area contributed by atoms with Gasteiger partial charge < -0.3 is 40.3 Å². The van der Waals surface area contributed by atoms with E-state index in [4.69, 9.17) is 9.47 Å². The number of aliphatic hydroxyl groups excluding tert-OH is 5. The van der Waals surface area contributed by atoms with Crippen LogP contribution in [0.1, 0.15) is 296 Å². The third-order valence-corrected chi connectivity index (χ3v) is 15.3. The number of nitrogens with one attached hydrogen (secondary N) is 1. The summed E-state index contributed by atoms with van der Waals surface area (Å²) in [6, 6.07) is -0.804. The van der Waals surface area contributed by atoms with Crippen LogP contribution in [0.5, 0.6) is 0 Å². The maximum Gasteiger partial charge on any atom is 0.220 e. The van der Waals surface area contributed by atoms with Crippen molar-refractivity contribution in [2.45, 2.75) is 339 Å². The lowest BCUT2D eigenvalue weighted by Crippen LogP contribution is -2.60. The molecule has 0 aliphatic carbocycles. The third kappa shape index (κ3) is 46.0. The quantitative estimate of drug-likeness (QED) is 0.0261. The number of carbonyl (C=O) groups is 1. The van der Waals surface area contributed by atoms with Crippen LogP contribution in [-0.4, -0.2) is 87.5 Å². The number of aliphatic hydroxyl groups is 5. The highest BCUT2D eigenvalue weighted by molar-refractivity contribution is 5.76. The number of unbranched alkanes of at least 4 members (excludes halogenated alkanes) is 36. The Morgan fingerprint density at radius 2 is 0.805 bits per heavy atom. The van der Waals surface area contributed by atoms with Crippen LogP contribution in [0.2, 0.25) is 0 Å². The summed E-state index contributed by atoms with van der Waals surface area (Å²) in [7, 11) is 0. The Labute approximate surface area is 474 Å². The Balaban J connectivity index is 2.02. The molecule has 0 bridgehead atoms. The highest BCUT2D eigenvalue weighted by atomic mass is 16.7. The zero-order valence-corrected chi connectivity index (χ0v) is 50.0. The first-order valence-electron chi connectivity index (χ1n) is 32.7. The molecule has 0 spiro atoms. The van der Waals surface area contributed by atoms with Gasteiger partial charge in [0, 0.05) is 6.42 Å². The summed E-state index contributed by atoms with van der Waals surface area (Å²) in [5.74, 6) is -0.174. The van der Waals surface area contributed by atoms with Crippen molar-refractivity contribution in [2.75, 3.05) is 13.2 Å². The van der Waals surface area contributed by atoms with Crippen LogP contribution < -0.4 is 5.32 Å². The number of ether oxygens (including phenoxy) is 2. The second-order valence-corrected chi connectivity index (χ2v) is 22.5. The summed E-state index contributed by atoms with van der Waals surface area (Å²) in [6.07, 6.45) is 73.0. The normalized spacial score (nSPS) is 19.2. The van der Waals surface area contributed by atoms with E-state index in [0.717, 1.165) is 70.6 Å². The van der Waals surface area contributed by atoms with Gasteiger partial charge in [-0.3, -0.25) is 4.79 Å². The Hall–Kier alpha value is -2.37. The highest BCUT2D eigenvalue weighted by Gasteiger charge is 2.44. The van der Waals surface area contributed by atoms with Crippen LogP contribution in [0, 0.1) is 0 Å². The molecule has 1 rings (SSSR count). The van der Waals surface area contributed by atoms with E-state index in [-0.39, 0.29) is 12.5 Å². The zero-order valence-electron chi connectivity index (χ0n) is 50.0. The molecule has 1 amide bonds. The summed E-state index contributed by atoms with van der Waals surface area (Å²) >= 11 is 0. The average Bonchev–Trinajstić information content (AvgIpc) is 3.43. The van der Waals surface area contributed by atoms with Crippen LogP contribution in [0.3, 0.4) is 0 Å². The molecule has 1 aliphatic rings. The third-order valence-electron chi connectivity index (χ3n) is 15.3. The van der Waals surface area contributed by atoms with Crippen molar-refractivity contribution in [3.8, 4) is 0 Å². The summed E-state index contributed by atoms with van der Waals surface area (Å²) in [5.41, 5.74) is 0. The van der Waals surface area contributed by atoms with Crippen LogP contribution in [0.15, 0.2) is 72.9 Å². The minimum Gasteiger partial charge on any atom is -0.394 e. The number of carbonyl (C=O) groups excluding carboxylic acids is 1. The van der Waals surface area contributed by atoms with Crippen molar-refractivity contribution in [3.63, 3.8) is 0 Å². The molecule has 0 aromatic carbocycles. The molecule has 0 aromatic rings. The molecular formula is C68H123NO8. The first-order valence-corrected chi connectivity index (χ1v) is 32.7. The Morgan fingerprint density at radius 3 is 1.19 bits per heavy atom. The molecule has 7 atom stereocenters. The van der Waals surface area contributed by atoms with Crippen LogP contribution in [0.4, 0.5) is 0 Å². The predicted molar refractivity (Wildman–Crippen MR) is 327 cm³/mol. The molecule has 7 unspecified atom stereocenters. The van der Waals surface area contributed by atoms with E-state index in [0.29, 0.717) is 6.42 Å². The van der Waals surface area contributed by atoms with E-state index in [9.17, 15) is 30.3 Å². The summed E-state index contributed by atoms with van der Waals surface area (Å²) < 4.78 is 11.3. The van der Waals surface area contributed by atoms with Crippen molar-refractivity contribution in [2.24, 2.45) is 0 Å². The van der Waals surface area contributed by atoms with Crippen molar-refractivity contribution in [1.29, 1.82) is 0 Å².